The van der Waals surface area contributed by atoms with Crippen molar-refractivity contribution in [1.29, 1.82) is 5.26 Å². The monoisotopic (exact) mass is 414 g/mol. The number of β-amino-alcohol motifs (C(OH)–C–C–N with tert-alkyl or cyclic N) is 1. The molecule has 0 aromatic heterocycles. The molecule has 8 nitrogen and oxygen atoms in total. The molecule has 0 aliphatic carbocycles. The summed E-state index contributed by atoms with van der Waals surface area (Å²) in [6.45, 7) is 8.69. The first-order chi connectivity index (χ1) is 13.9. The number of hydrogen-bond acceptors (Lipinski definition) is 5. The molecule has 8 heteroatoms. The van der Waals surface area contributed by atoms with Crippen molar-refractivity contribution in [3.05, 3.63) is 35.4 Å². The first-order valence-corrected chi connectivity index (χ1v) is 10.00. The molecule has 2 rings (SSSR count). The molecule has 1 fully saturated rings. The van der Waals surface area contributed by atoms with Crippen LogP contribution in [0.1, 0.15) is 58.2 Å². The highest BCUT2D eigenvalue weighted by atomic mass is 16.3. The van der Waals surface area contributed by atoms with Crippen LogP contribution >= 0.6 is 0 Å². The van der Waals surface area contributed by atoms with Crippen molar-refractivity contribution in [3.63, 3.8) is 0 Å². The molecule has 1 aliphatic heterocycles. The third kappa shape index (κ3) is 5.57. The summed E-state index contributed by atoms with van der Waals surface area (Å²) in [6.07, 6.45) is -0.679. The van der Waals surface area contributed by atoms with Gasteiger partial charge in [-0.3, -0.25) is 14.4 Å². The summed E-state index contributed by atoms with van der Waals surface area (Å²) in [5, 5.41) is 24.6. The number of aliphatic hydroxyl groups excluding tert-OH is 1. The Balaban J connectivity index is 2.17. The zero-order valence-electron chi connectivity index (χ0n) is 18.1. The number of amides is 3. The molecule has 1 aromatic carbocycles. The number of likely N-dealkylation sites (tertiary alicyclic amines) is 1. The minimum Gasteiger partial charge on any atom is -0.391 e. The predicted molar refractivity (Wildman–Crippen MR) is 111 cm³/mol. The largest absolute Gasteiger partial charge is 0.391 e. The lowest BCUT2D eigenvalue weighted by atomic mass is 9.85. The van der Waals surface area contributed by atoms with Crippen molar-refractivity contribution in [2.45, 2.75) is 65.3 Å². The minimum atomic E-state index is -0.827. The first-order valence-electron chi connectivity index (χ1n) is 10.00. The number of benzene rings is 1. The van der Waals surface area contributed by atoms with E-state index >= 15 is 0 Å². The molecule has 1 aromatic rings. The van der Waals surface area contributed by atoms with Gasteiger partial charge >= 0.3 is 0 Å². The number of carbonyl (C=O) groups excluding carboxylic acids is 3. The number of nitriles is 1. The fourth-order valence-electron chi connectivity index (χ4n) is 3.56. The fraction of sp³-hybridized carbons (Fsp3) is 0.545. The van der Waals surface area contributed by atoms with Crippen LogP contribution in [0, 0.1) is 16.7 Å². The maximum absolute atomic E-state index is 13.2. The molecule has 1 heterocycles. The van der Waals surface area contributed by atoms with Gasteiger partial charge in [-0.15, -0.1) is 0 Å². The van der Waals surface area contributed by atoms with Crippen molar-refractivity contribution >= 4 is 17.7 Å². The lowest BCUT2D eigenvalue weighted by molar-refractivity contribution is -0.144. The molecule has 0 bridgehead atoms. The zero-order chi connectivity index (χ0) is 22.6. The van der Waals surface area contributed by atoms with Gasteiger partial charge in [0.15, 0.2) is 0 Å². The molecule has 1 aliphatic rings. The summed E-state index contributed by atoms with van der Waals surface area (Å²) >= 11 is 0. The summed E-state index contributed by atoms with van der Waals surface area (Å²) in [6, 6.07) is 6.95. The molecule has 0 unspecified atom stereocenters. The van der Waals surface area contributed by atoms with E-state index in [4.69, 9.17) is 5.26 Å². The van der Waals surface area contributed by atoms with E-state index in [9.17, 15) is 19.5 Å². The topological polar surface area (TPSA) is 123 Å². The van der Waals surface area contributed by atoms with Gasteiger partial charge in [0.2, 0.25) is 17.7 Å². The van der Waals surface area contributed by atoms with Gasteiger partial charge in [0.25, 0.3) is 0 Å². The molecule has 0 radical (unpaired) electrons. The van der Waals surface area contributed by atoms with E-state index in [1.165, 1.54) is 11.8 Å². The van der Waals surface area contributed by atoms with E-state index in [1.54, 1.807) is 24.3 Å². The zero-order valence-corrected chi connectivity index (χ0v) is 18.1. The van der Waals surface area contributed by atoms with Gasteiger partial charge in [-0.2, -0.15) is 5.26 Å². The van der Waals surface area contributed by atoms with E-state index in [1.807, 2.05) is 33.8 Å². The second-order valence-electron chi connectivity index (χ2n) is 8.86. The number of rotatable bonds is 5. The van der Waals surface area contributed by atoms with E-state index < -0.39 is 23.6 Å². The molecular weight excluding hydrogens is 384 g/mol. The van der Waals surface area contributed by atoms with Crippen LogP contribution in [0.5, 0.6) is 0 Å². The van der Waals surface area contributed by atoms with E-state index in [-0.39, 0.29) is 36.7 Å². The highest BCUT2D eigenvalue weighted by Gasteiger charge is 2.44. The van der Waals surface area contributed by atoms with Crippen molar-refractivity contribution in [2.24, 2.45) is 5.41 Å². The number of nitrogens with zero attached hydrogens (tertiary/aromatic N) is 2. The Labute approximate surface area is 177 Å². The maximum atomic E-state index is 13.2. The van der Waals surface area contributed by atoms with Gasteiger partial charge in [-0.05, 0) is 30.0 Å². The molecule has 0 spiro atoms. The third-order valence-electron chi connectivity index (χ3n) is 5.22. The lowest BCUT2D eigenvalue weighted by Gasteiger charge is -2.35. The first kappa shape index (κ1) is 23.4. The summed E-state index contributed by atoms with van der Waals surface area (Å²) in [4.78, 5) is 39.1. The van der Waals surface area contributed by atoms with Crippen LogP contribution < -0.4 is 10.6 Å². The van der Waals surface area contributed by atoms with E-state index in [2.05, 4.69) is 10.6 Å². The van der Waals surface area contributed by atoms with Crippen LogP contribution in [0.3, 0.4) is 0 Å². The fourth-order valence-corrected chi connectivity index (χ4v) is 3.56. The van der Waals surface area contributed by atoms with Crippen LogP contribution in [0.4, 0.5) is 0 Å². The Hall–Kier alpha value is -2.92. The van der Waals surface area contributed by atoms with Gasteiger partial charge in [0.05, 0.1) is 23.8 Å². The highest BCUT2D eigenvalue weighted by Crippen LogP contribution is 2.26. The average Bonchev–Trinajstić information content (AvgIpc) is 3.06. The van der Waals surface area contributed by atoms with Crippen LogP contribution in [0.15, 0.2) is 24.3 Å². The molecule has 4 atom stereocenters. The molecule has 30 heavy (non-hydrogen) atoms. The van der Waals surface area contributed by atoms with Gasteiger partial charge in [-0.25, -0.2) is 0 Å². The van der Waals surface area contributed by atoms with Crippen molar-refractivity contribution in [1.82, 2.24) is 15.5 Å². The SMILES string of the molecule is CC(=O)N[C@H](C(=O)N1C[C@H](O)C[C@H]1C(=O)N[C@@H](C)c1ccc(C#N)cc1)C(C)(C)C. The summed E-state index contributed by atoms with van der Waals surface area (Å²) < 4.78 is 0. The molecule has 3 amide bonds. The van der Waals surface area contributed by atoms with E-state index in [0.717, 1.165) is 5.56 Å². The molecule has 0 saturated carbocycles. The number of hydrogen-bond donors (Lipinski definition) is 3. The van der Waals surface area contributed by atoms with Gasteiger partial charge < -0.3 is 20.6 Å². The molecular formula is C22H30N4O4. The quantitative estimate of drug-likeness (QED) is 0.669. The van der Waals surface area contributed by atoms with Crippen molar-refractivity contribution < 1.29 is 19.5 Å². The predicted octanol–water partition coefficient (Wildman–Crippen LogP) is 1.25. The Bertz CT molecular complexity index is 838. The summed E-state index contributed by atoms with van der Waals surface area (Å²) in [5.74, 6) is -1.09. The van der Waals surface area contributed by atoms with Crippen molar-refractivity contribution in [3.8, 4) is 6.07 Å². The van der Waals surface area contributed by atoms with Crippen LogP contribution in [-0.2, 0) is 14.4 Å². The number of aliphatic hydroxyl groups is 1. The van der Waals surface area contributed by atoms with E-state index in [0.29, 0.717) is 5.56 Å². The molecule has 1 saturated heterocycles. The molecule has 162 valence electrons. The Morgan fingerprint density at radius 1 is 1.20 bits per heavy atom. The number of nitrogens with one attached hydrogen (secondary N) is 2. The minimum absolute atomic E-state index is 0.0360. The summed E-state index contributed by atoms with van der Waals surface area (Å²) in [7, 11) is 0. The lowest BCUT2D eigenvalue weighted by Crippen LogP contribution is -2.57. The average molecular weight is 415 g/mol. The van der Waals surface area contributed by atoms with Gasteiger partial charge in [0, 0.05) is 19.9 Å². The van der Waals surface area contributed by atoms with Crippen LogP contribution in [0.2, 0.25) is 0 Å². The van der Waals surface area contributed by atoms with Gasteiger partial charge in [0.1, 0.15) is 12.1 Å². The third-order valence-corrected chi connectivity index (χ3v) is 5.22. The smallest absolute Gasteiger partial charge is 0.246 e. The van der Waals surface area contributed by atoms with Crippen LogP contribution in [-0.4, -0.2) is 52.5 Å². The van der Waals surface area contributed by atoms with Crippen molar-refractivity contribution in [2.75, 3.05) is 6.54 Å². The maximum Gasteiger partial charge on any atom is 0.246 e. The van der Waals surface area contributed by atoms with Gasteiger partial charge in [-0.1, -0.05) is 32.9 Å². The Morgan fingerprint density at radius 2 is 1.80 bits per heavy atom. The molecule has 3 N–H and O–H groups in total. The number of carbonyl (C=O) groups is 3. The standard InChI is InChI=1S/C22H30N4O4/c1-13(16-8-6-15(11-23)7-9-16)24-20(29)18-10-17(28)12-26(18)21(30)19(22(3,4)5)25-14(2)27/h6-9,13,17-19,28H,10,12H2,1-5H3,(H,24,29)(H,25,27)/t13-,17+,18-,19+/m0/s1. The Kier molecular flexibility index (Phi) is 7.21. The second-order valence-corrected chi connectivity index (χ2v) is 8.86. The normalized spacial score (nSPS) is 20.8. The van der Waals surface area contributed by atoms with Crippen LogP contribution in [0.25, 0.3) is 0 Å². The Morgan fingerprint density at radius 3 is 2.30 bits per heavy atom. The highest BCUT2D eigenvalue weighted by molar-refractivity contribution is 5.93. The second kappa shape index (κ2) is 9.26. The summed E-state index contributed by atoms with van der Waals surface area (Å²) in [5.41, 5.74) is 0.788.